The van der Waals surface area contributed by atoms with Crippen LogP contribution in [0.2, 0.25) is 0 Å². The smallest absolute Gasteiger partial charge is 0.132 e. The quantitative estimate of drug-likeness (QED) is 0.716. The molecule has 1 aromatic rings. The van der Waals surface area contributed by atoms with Crippen LogP contribution in [-0.2, 0) is 11.2 Å². The second-order valence-electron chi connectivity index (χ2n) is 3.20. The van der Waals surface area contributed by atoms with Gasteiger partial charge in [-0.2, -0.15) is 0 Å². The number of hydrogen-bond acceptors (Lipinski definition) is 2. The van der Waals surface area contributed by atoms with Gasteiger partial charge in [-0.1, -0.05) is 25.1 Å². The zero-order valence-electron chi connectivity index (χ0n) is 8.75. The Kier molecular flexibility index (Phi) is 4.17. The first-order chi connectivity index (χ1) is 6.77. The van der Waals surface area contributed by atoms with Gasteiger partial charge in [-0.3, -0.25) is 4.79 Å². The molecule has 1 rings (SSSR count). The Morgan fingerprint density at radius 1 is 1.36 bits per heavy atom. The van der Waals surface area contributed by atoms with E-state index in [0.29, 0.717) is 18.6 Å². The summed E-state index contributed by atoms with van der Waals surface area (Å²) < 4.78 is 5.20. The zero-order chi connectivity index (χ0) is 10.4. The molecule has 0 N–H and O–H groups in total. The lowest BCUT2D eigenvalue weighted by Gasteiger charge is -2.06. The summed E-state index contributed by atoms with van der Waals surface area (Å²) in [5.74, 6) is 1.17. The van der Waals surface area contributed by atoms with E-state index in [0.717, 1.165) is 17.7 Å². The Morgan fingerprint density at radius 3 is 2.71 bits per heavy atom. The van der Waals surface area contributed by atoms with Crippen molar-refractivity contribution in [3.8, 4) is 5.75 Å². The van der Waals surface area contributed by atoms with Crippen LogP contribution in [0.25, 0.3) is 0 Å². The standard InChI is InChI=1S/C12H16O2/c1-3-11(13)9-8-10-6-4-5-7-12(10)14-2/h4-7H,3,8-9H2,1-2H3. The fourth-order valence-electron chi connectivity index (χ4n) is 1.36. The monoisotopic (exact) mass is 192 g/mol. The minimum Gasteiger partial charge on any atom is -0.496 e. The number of rotatable bonds is 5. The summed E-state index contributed by atoms with van der Waals surface area (Å²) in [7, 11) is 1.65. The van der Waals surface area contributed by atoms with Gasteiger partial charge >= 0.3 is 0 Å². The molecule has 0 bridgehead atoms. The van der Waals surface area contributed by atoms with Crippen LogP contribution >= 0.6 is 0 Å². The SMILES string of the molecule is CCC(=O)CCc1ccccc1OC. The van der Waals surface area contributed by atoms with Crippen LogP contribution in [0.15, 0.2) is 24.3 Å². The Balaban J connectivity index is 2.61. The summed E-state index contributed by atoms with van der Waals surface area (Å²) in [5, 5.41) is 0. The molecule has 0 fully saturated rings. The van der Waals surface area contributed by atoms with E-state index in [-0.39, 0.29) is 0 Å². The van der Waals surface area contributed by atoms with Crippen molar-refractivity contribution in [1.29, 1.82) is 0 Å². The molecule has 76 valence electrons. The summed E-state index contributed by atoms with van der Waals surface area (Å²) >= 11 is 0. The lowest BCUT2D eigenvalue weighted by atomic mass is 10.1. The first-order valence-electron chi connectivity index (χ1n) is 4.91. The molecule has 0 saturated heterocycles. The molecule has 2 nitrogen and oxygen atoms in total. The number of para-hydroxylation sites is 1. The van der Waals surface area contributed by atoms with Gasteiger partial charge in [-0.05, 0) is 18.1 Å². The molecule has 0 aliphatic heterocycles. The minimum atomic E-state index is 0.302. The molecule has 0 heterocycles. The largest absolute Gasteiger partial charge is 0.496 e. The van der Waals surface area contributed by atoms with Crippen molar-refractivity contribution in [3.63, 3.8) is 0 Å². The van der Waals surface area contributed by atoms with Gasteiger partial charge in [0.1, 0.15) is 11.5 Å². The second-order valence-corrected chi connectivity index (χ2v) is 3.20. The molecule has 0 unspecified atom stereocenters. The number of benzene rings is 1. The van der Waals surface area contributed by atoms with Gasteiger partial charge in [0.25, 0.3) is 0 Å². The highest BCUT2D eigenvalue weighted by Gasteiger charge is 2.04. The molecular weight excluding hydrogens is 176 g/mol. The average molecular weight is 192 g/mol. The van der Waals surface area contributed by atoms with E-state index in [1.165, 1.54) is 0 Å². The molecule has 0 radical (unpaired) electrons. The van der Waals surface area contributed by atoms with Crippen LogP contribution in [-0.4, -0.2) is 12.9 Å². The van der Waals surface area contributed by atoms with Gasteiger partial charge in [0.05, 0.1) is 7.11 Å². The summed E-state index contributed by atoms with van der Waals surface area (Å²) in [4.78, 5) is 11.1. The lowest BCUT2D eigenvalue weighted by molar-refractivity contribution is -0.118. The van der Waals surface area contributed by atoms with E-state index in [1.807, 2.05) is 31.2 Å². The molecule has 14 heavy (non-hydrogen) atoms. The molecule has 0 saturated carbocycles. The van der Waals surface area contributed by atoms with Crippen molar-refractivity contribution in [1.82, 2.24) is 0 Å². The van der Waals surface area contributed by atoms with Crippen molar-refractivity contribution in [2.24, 2.45) is 0 Å². The summed E-state index contributed by atoms with van der Waals surface area (Å²) in [6.45, 7) is 1.89. The molecule has 0 atom stereocenters. The van der Waals surface area contributed by atoms with Gasteiger partial charge < -0.3 is 4.74 Å². The van der Waals surface area contributed by atoms with E-state index in [2.05, 4.69) is 0 Å². The first-order valence-corrected chi connectivity index (χ1v) is 4.91. The minimum absolute atomic E-state index is 0.302. The van der Waals surface area contributed by atoms with Crippen LogP contribution in [0, 0.1) is 0 Å². The number of ketones is 1. The predicted octanol–water partition coefficient (Wildman–Crippen LogP) is 2.61. The Labute approximate surface area is 84.9 Å². The molecule has 0 aromatic heterocycles. The van der Waals surface area contributed by atoms with Crippen LogP contribution in [0.1, 0.15) is 25.3 Å². The van der Waals surface area contributed by atoms with E-state index in [1.54, 1.807) is 7.11 Å². The number of hydrogen-bond donors (Lipinski definition) is 0. The fourth-order valence-corrected chi connectivity index (χ4v) is 1.36. The highest BCUT2D eigenvalue weighted by Crippen LogP contribution is 2.18. The molecule has 0 amide bonds. The molecule has 0 spiro atoms. The molecule has 1 aromatic carbocycles. The first kappa shape index (κ1) is 10.8. The number of Topliss-reactive ketones (excluding diaryl/α,β-unsaturated/α-hetero) is 1. The van der Waals surface area contributed by atoms with Crippen molar-refractivity contribution in [3.05, 3.63) is 29.8 Å². The maximum atomic E-state index is 11.1. The molecule has 0 aliphatic carbocycles. The number of ether oxygens (including phenoxy) is 1. The van der Waals surface area contributed by atoms with Gasteiger partial charge in [0.15, 0.2) is 0 Å². The molecule has 0 aliphatic rings. The number of carbonyl (C=O) groups is 1. The summed E-state index contributed by atoms with van der Waals surface area (Å²) in [5.41, 5.74) is 1.11. The Hall–Kier alpha value is -1.31. The third-order valence-electron chi connectivity index (χ3n) is 2.26. The van der Waals surface area contributed by atoms with Gasteiger partial charge in [0.2, 0.25) is 0 Å². The van der Waals surface area contributed by atoms with Crippen LogP contribution in [0.3, 0.4) is 0 Å². The molecule has 2 heteroatoms. The van der Waals surface area contributed by atoms with Gasteiger partial charge in [-0.25, -0.2) is 0 Å². The highest BCUT2D eigenvalue weighted by atomic mass is 16.5. The van der Waals surface area contributed by atoms with Gasteiger partial charge in [0, 0.05) is 12.8 Å². The van der Waals surface area contributed by atoms with Crippen LogP contribution in [0.4, 0.5) is 0 Å². The van der Waals surface area contributed by atoms with Crippen LogP contribution in [0.5, 0.6) is 5.75 Å². The Bertz CT molecular complexity index is 305. The van der Waals surface area contributed by atoms with E-state index in [9.17, 15) is 4.79 Å². The highest BCUT2D eigenvalue weighted by molar-refractivity contribution is 5.78. The normalized spacial score (nSPS) is 9.86. The third-order valence-corrected chi connectivity index (χ3v) is 2.26. The number of carbonyl (C=O) groups excluding carboxylic acids is 1. The maximum Gasteiger partial charge on any atom is 0.132 e. The van der Waals surface area contributed by atoms with Crippen molar-refractivity contribution >= 4 is 5.78 Å². The summed E-state index contributed by atoms with van der Waals surface area (Å²) in [6.07, 6.45) is 2.00. The summed E-state index contributed by atoms with van der Waals surface area (Å²) in [6, 6.07) is 7.83. The Morgan fingerprint density at radius 2 is 2.07 bits per heavy atom. The van der Waals surface area contributed by atoms with Crippen molar-refractivity contribution in [2.45, 2.75) is 26.2 Å². The van der Waals surface area contributed by atoms with E-state index in [4.69, 9.17) is 4.74 Å². The van der Waals surface area contributed by atoms with E-state index >= 15 is 0 Å². The zero-order valence-corrected chi connectivity index (χ0v) is 8.75. The van der Waals surface area contributed by atoms with Crippen LogP contribution < -0.4 is 4.74 Å². The maximum absolute atomic E-state index is 11.1. The average Bonchev–Trinajstić information content (AvgIpc) is 2.26. The topological polar surface area (TPSA) is 26.3 Å². The van der Waals surface area contributed by atoms with Crippen molar-refractivity contribution < 1.29 is 9.53 Å². The van der Waals surface area contributed by atoms with Gasteiger partial charge in [-0.15, -0.1) is 0 Å². The third kappa shape index (κ3) is 2.87. The predicted molar refractivity (Wildman–Crippen MR) is 56.6 cm³/mol. The van der Waals surface area contributed by atoms with E-state index < -0.39 is 0 Å². The second kappa shape index (κ2) is 5.43. The number of methoxy groups -OCH3 is 1. The fraction of sp³-hybridized carbons (Fsp3) is 0.417. The molecular formula is C12H16O2. The number of aryl methyl sites for hydroxylation is 1. The lowest BCUT2D eigenvalue weighted by Crippen LogP contribution is -1.99. The van der Waals surface area contributed by atoms with Crippen molar-refractivity contribution in [2.75, 3.05) is 7.11 Å².